The van der Waals surface area contributed by atoms with Gasteiger partial charge in [0.25, 0.3) is 0 Å². The number of carbonyl (C=O) groups excluding carboxylic acids is 2. The maximum Gasteiger partial charge on any atom is 0.409 e. The van der Waals surface area contributed by atoms with Gasteiger partial charge in [0.1, 0.15) is 5.82 Å². The molecule has 5 nitrogen and oxygen atoms in total. The molecule has 0 saturated carbocycles. The van der Waals surface area contributed by atoms with Gasteiger partial charge in [-0.05, 0) is 19.1 Å². The minimum atomic E-state index is -0.487. The first-order valence-corrected chi connectivity index (χ1v) is 6.86. The molecule has 0 unspecified atom stereocenters. The lowest BCUT2D eigenvalue weighted by atomic mass is 10.1. The summed E-state index contributed by atoms with van der Waals surface area (Å²) in [6, 6.07) is 4.53. The molecule has 0 spiro atoms. The summed E-state index contributed by atoms with van der Waals surface area (Å²) in [6.07, 6.45) is -0.356. The number of hydrogen-bond donors (Lipinski definition) is 0. The molecule has 6 heteroatoms. The molecule has 1 heterocycles. The number of benzene rings is 1. The van der Waals surface area contributed by atoms with Crippen LogP contribution in [0.1, 0.15) is 15.9 Å². The summed E-state index contributed by atoms with van der Waals surface area (Å²) in [5, 5.41) is 0. The van der Waals surface area contributed by atoms with Crippen molar-refractivity contribution < 1.29 is 18.7 Å². The molecule has 21 heavy (non-hydrogen) atoms. The second kappa shape index (κ2) is 6.67. The second-order valence-electron chi connectivity index (χ2n) is 5.14. The smallest absolute Gasteiger partial charge is 0.409 e. The molecule has 1 amide bonds. The van der Waals surface area contributed by atoms with Crippen LogP contribution in [0.15, 0.2) is 18.2 Å². The van der Waals surface area contributed by atoms with Gasteiger partial charge in [0.2, 0.25) is 0 Å². The van der Waals surface area contributed by atoms with E-state index in [-0.39, 0.29) is 24.0 Å². The Kier molecular flexibility index (Phi) is 4.90. The summed E-state index contributed by atoms with van der Waals surface area (Å²) >= 11 is 0. The van der Waals surface area contributed by atoms with E-state index in [9.17, 15) is 14.0 Å². The monoisotopic (exact) mass is 294 g/mol. The van der Waals surface area contributed by atoms with Gasteiger partial charge in [0.05, 0.1) is 19.2 Å². The molecule has 0 radical (unpaired) electrons. The molecule has 1 aliphatic rings. The van der Waals surface area contributed by atoms with Crippen LogP contribution in [0.3, 0.4) is 0 Å². The molecule has 1 aliphatic heterocycles. The van der Waals surface area contributed by atoms with E-state index >= 15 is 0 Å². The van der Waals surface area contributed by atoms with Crippen molar-refractivity contribution in [1.82, 2.24) is 9.80 Å². The van der Waals surface area contributed by atoms with E-state index in [2.05, 4.69) is 4.74 Å². The van der Waals surface area contributed by atoms with Gasteiger partial charge in [0, 0.05) is 26.2 Å². The fraction of sp³-hybridized carbons (Fsp3) is 0.467. The van der Waals surface area contributed by atoms with Gasteiger partial charge in [-0.3, -0.25) is 9.69 Å². The predicted molar refractivity (Wildman–Crippen MR) is 75.9 cm³/mol. The summed E-state index contributed by atoms with van der Waals surface area (Å²) in [7, 11) is 1.35. The zero-order chi connectivity index (χ0) is 15.4. The first-order chi connectivity index (χ1) is 10.0. The van der Waals surface area contributed by atoms with Crippen molar-refractivity contribution in [1.29, 1.82) is 0 Å². The molecule has 0 atom stereocenters. The van der Waals surface area contributed by atoms with Crippen LogP contribution in [0.2, 0.25) is 0 Å². The van der Waals surface area contributed by atoms with Crippen molar-refractivity contribution in [2.45, 2.75) is 6.92 Å². The van der Waals surface area contributed by atoms with Gasteiger partial charge < -0.3 is 9.64 Å². The van der Waals surface area contributed by atoms with Crippen LogP contribution < -0.4 is 0 Å². The highest BCUT2D eigenvalue weighted by molar-refractivity contribution is 5.98. The van der Waals surface area contributed by atoms with Gasteiger partial charge in [-0.2, -0.15) is 0 Å². The summed E-state index contributed by atoms with van der Waals surface area (Å²) in [5.41, 5.74) is 0.987. The zero-order valence-corrected chi connectivity index (χ0v) is 12.3. The van der Waals surface area contributed by atoms with Crippen molar-refractivity contribution in [2.75, 3.05) is 39.8 Å². The van der Waals surface area contributed by atoms with Crippen LogP contribution in [0.4, 0.5) is 9.18 Å². The van der Waals surface area contributed by atoms with Gasteiger partial charge in [-0.25, -0.2) is 9.18 Å². The normalized spacial score (nSPS) is 15.9. The van der Waals surface area contributed by atoms with E-state index < -0.39 is 5.82 Å². The Labute approximate surface area is 123 Å². The summed E-state index contributed by atoms with van der Waals surface area (Å²) < 4.78 is 18.3. The number of aryl methyl sites for hydroxylation is 1. The summed E-state index contributed by atoms with van der Waals surface area (Å²) in [6.45, 7) is 4.16. The number of amides is 1. The lowest BCUT2D eigenvalue weighted by Gasteiger charge is -2.33. The number of piperazine rings is 1. The molecule has 1 aromatic carbocycles. The topological polar surface area (TPSA) is 49.9 Å². The number of methoxy groups -OCH3 is 1. The fourth-order valence-corrected chi connectivity index (χ4v) is 2.36. The van der Waals surface area contributed by atoms with E-state index in [1.54, 1.807) is 17.0 Å². The average molecular weight is 294 g/mol. The third kappa shape index (κ3) is 3.78. The SMILES string of the molecule is COC(=O)N1CCN(CC(=O)c2cc(C)ccc2F)CC1. The number of ether oxygens (including phenoxy) is 1. The molecule has 114 valence electrons. The van der Waals surface area contributed by atoms with Crippen molar-refractivity contribution in [3.05, 3.63) is 35.1 Å². The highest BCUT2D eigenvalue weighted by Crippen LogP contribution is 2.12. The third-order valence-corrected chi connectivity index (χ3v) is 3.59. The number of rotatable bonds is 3. The Morgan fingerprint density at radius 2 is 1.90 bits per heavy atom. The Morgan fingerprint density at radius 1 is 1.24 bits per heavy atom. The highest BCUT2D eigenvalue weighted by Gasteiger charge is 2.23. The highest BCUT2D eigenvalue weighted by atomic mass is 19.1. The number of hydrogen-bond acceptors (Lipinski definition) is 4. The first kappa shape index (κ1) is 15.4. The Morgan fingerprint density at radius 3 is 2.52 bits per heavy atom. The number of halogens is 1. The lowest BCUT2D eigenvalue weighted by molar-refractivity contribution is 0.0788. The predicted octanol–water partition coefficient (Wildman–Crippen LogP) is 1.70. The molecular formula is C15H19FN2O3. The number of carbonyl (C=O) groups is 2. The summed E-state index contributed by atoms with van der Waals surface area (Å²) in [4.78, 5) is 27.1. The molecule has 1 aromatic rings. The largest absolute Gasteiger partial charge is 0.453 e. The van der Waals surface area contributed by atoms with E-state index in [0.29, 0.717) is 26.2 Å². The van der Waals surface area contributed by atoms with Crippen molar-refractivity contribution >= 4 is 11.9 Å². The molecule has 1 saturated heterocycles. The van der Waals surface area contributed by atoms with Crippen molar-refractivity contribution in [3.63, 3.8) is 0 Å². The van der Waals surface area contributed by atoms with Crippen LogP contribution in [-0.4, -0.2) is 61.5 Å². The second-order valence-corrected chi connectivity index (χ2v) is 5.14. The quantitative estimate of drug-likeness (QED) is 0.796. The minimum absolute atomic E-state index is 0.130. The van der Waals surface area contributed by atoms with Gasteiger partial charge >= 0.3 is 6.09 Å². The number of Topliss-reactive ketones (excluding diaryl/α,β-unsaturated/α-hetero) is 1. The van der Waals surface area contributed by atoms with Crippen LogP contribution in [0.5, 0.6) is 0 Å². The lowest BCUT2D eigenvalue weighted by Crippen LogP contribution is -2.49. The van der Waals surface area contributed by atoms with Crippen molar-refractivity contribution in [2.24, 2.45) is 0 Å². The van der Waals surface area contributed by atoms with Crippen molar-refractivity contribution in [3.8, 4) is 0 Å². The molecule has 0 bridgehead atoms. The van der Waals surface area contributed by atoms with Gasteiger partial charge in [-0.1, -0.05) is 11.6 Å². The first-order valence-electron chi connectivity index (χ1n) is 6.86. The average Bonchev–Trinajstić information content (AvgIpc) is 2.49. The molecule has 0 aliphatic carbocycles. The maximum absolute atomic E-state index is 13.7. The fourth-order valence-electron chi connectivity index (χ4n) is 2.36. The van der Waals surface area contributed by atoms with Crippen LogP contribution in [0.25, 0.3) is 0 Å². The van der Waals surface area contributed by atoms with Crippen LogP contribution in [0, 0.1) is 12.7 Å². The maximum atomic E-state index is 13.7. The number of nitrogens with zero attached hydrogens (tertiary/aromatic N) is 2. The van der Waals surface area contributed by atoms with E-state index in [1.165, 1.54) is 13.2 Å². The Balaban J connectivity index is 1.93. The Hall–Kier alpha value is -1.95. The van der Waals surface area contributed by atoms with E-state index in [0.717, 1.165) is 5.56 Å². The number of ketones is 1. The minimum Gasteiger partial charge on any atom is -0.453 e. The van der Waals surface area contributed by atoms with Crippen LogP contribution >= 0.6 is 0 Å². The van der Waals surface area contributed by atoms with Gasteiger partial charge in [-0.15, -0.1) is 0 Å². The van der Waals surface area contributed by atoms with Crippen LogP contribution in [-0.2, 0) is 4.74 Å². The molecule has 2 rings (SSSR count). The third-order valence-electron chi connectivity index (χ3n) is 3.59. The standard InChI is InChI=1S/C15H19FN2O3/c1-11-3-4-13(16)12(9-11)14(19)10-17-5-7-18(8-6-17)15(20)21-2/h3-4,9H,5-8,10H2,1-2H3. The molecule has 0 aromatic heterocycles. The summed E-state index contributed by atoms with van der Waals surface area (Å²) in [5.74, 6) is -0.721. The van der Waals surface area contributed by atoms with Gasteiger partial charge in [0.15, 0.2) is 5.78 Å². The van der Waals surface area contributed by atoms with E-state index in [4.69, 9.17) is 0 Å². The molecular weight excluding hydrogens is 275 g/mol. The zero-order valence-electron chi connectivity index (χ0n) is 12.3. The Bertz CT molecular complexity index is 540. The molecule has 1 fully saturated rings. The van der Waals surface area contributed by atoms with E-state index in [1.807, 2.05) is 11.8 Å². The molecule has 0 N–H and O–H groups in total.